The zero-order valence-corrected chi connectivity index (χ0v) is 18.4. The van der Waals surface area contributed by atoms with Gasteiger partial charge in [0.2, 0.25) is 5.91 Å². The minimum Gasteiger partial charge on any atom is -0.490 e. The van der Waals surface area contributed by atoms with E-state index in [1.54, 1.807) is 29.0 Å². The summed E-state index contributed by atoms with van der Waals surface area (Å²) in [6, 6.07) is 4.73. The smallest absolute Gasteiger partial charge is 0.324 e. The number of amides is 3. The summed E-state index contributed by atoms with van der Waals surface area (Å²) in [5.74, 6) is 1.23. The van der Waals surface area contributed by atoms with Gasteiger partial charge in [-0.1, -0.05) is 30.2 Å². The Balaban J connectivity index is 1.38. The van der Waals surface area contributed by atoms with Crippen molar-refractivity contribution in [1.29, 1.82) is 0 Å². The van der Waals surface area contributed by atoms with Crippen molar-refractivity contribution >= 4 is 23.9 Å². The zero-order chi connectivity index (χ0) is 21.6. The first-order valence-corrected chi connectivity index (χ1v) is 11.4. The molecule has 0 bridgehead atoms. The maximum absolute atomic E-state index is 14.0. The summed E-state index contributed by atoms with van der Waals surface area (Å²) in [7, 11) is 0. The van der Waals surface area contributed by atoms with E-state index in [-0.39, 0.29) is 23.3 Å². The molecule has 3 rings (SSSR count). The molecule has 2 aliphatic rings. The molecule has 8 heteroatoms. The molecule has 2 N–H and O–H groups in total. The molecule has 0 atom stereocenters. The van der Waals surface area contributed by atoms with Crippen LogP contribution in [0.15, 0.2) is 30.4 Å². The van der Waals surface area contributed by atoms with E-state index in [0.717, 1.165) is 17.7 Å². The number of benzene rings is 1. The molecule has 6 nitrogen and oxygen atoms in total. The molecule has 1 saturated carbocycles. The number of rotatable bonds is 11. The number of nitrogens with one attached hydrogen (secondary N) is 2. The Morgan fingerprint density at radius 3 is 2.87 bits per heavy atom. The molecule has 0 spiro atoms. The third kappa shape index (κ3) is 6.74. The van der Waals surface area contributed by atoms with Crippen LogP contribution in [0.5, 0.6) is 5.75 Å². The first kappa shape index (κ1) is 22.6. The van der Waals surface area contributed by atoms with Gasteiger partial charge in [-0.15, -0.1) is 0 Å². The summed E-state index contributed by atoms with van der Waals surface area (Å²) in [5.41, 5.74) is 0.640. The van der Waals surface area contributed by atoms with Crippen LogP contribution in [0.25, 0.3) is 0 Å². The number of imide groups is 1. The van der Waals surface area contributed by atoms with Crippen molar-refractivity contribution in [1.82, 2.24) is 14.9 Å². The van der Waals surface area contributed by atoms with Crippen molar-refractivity contribution in [2.75, 3.05) is 25.4 Å². The SMILES string of the molecule is CC(C)(NSCC/C=C/CN1CCC(=O)NC1=O)c1ccc(F)c(OCC2CC2)c1. The van der Waals surface area contributed by atoms with E-state index in [1.165, 1.54) is 18.9 Å². The van der Waals surface area contributed by atoms with Gasteiger partial charge in [-0.05, 0) is 56.7 Å². The Morgan fingerprint density at radius 2 is 2.13 bits per heavy atom. The molecule has 1 aromatic carbocycles. The van der Waals surface area contributed by atoms with Gasteiger partial charge < -0.3 is 9.64 Å². The molecule has 0 aromatic heterocycles. The van der Waals surface area contributed by atoms with Crippen molar-refractivity contribution in [3.63, 3.8) is 0 Å². The number of nitrogens with zero attached hydrogens (tertiary/aromatic N) is 1. The van der Waals surface area contributed by atoms with Gasteiger partial charge in [-0.3, -0.25) is 14.8 Å². The van der Waals surface area contributed by atoms with Crippen LogP contribution in [0, 0.1) is 11.7 Å². The molecule has 0 unspecified atom stereocenters. The number of allylic oxidation sites excluding steroid dienone is 1. The van der Waals surface area contributed by atoms with Gasteiger partial charge in [0.05, 0.1) is 6.61 Å². The molecule has 1 aromatic rings. The Labute approximate surface area is 181 Å². The van der Waals surface area contributed by atoms with Crippen LogP contribution in [0.3, 0.4) is 0 Å². The largest absolute Gasteiger partial charge is 0.490 e. The lowest BCUT2D eigenvalue weighted by molar-refractivity contribution is -0.121. The fraction of sp³-hybridized carbons (Fsp3) is 0.545. The van der Waals surface area contributed by atoms with Crippen molar-refractivity contribution in [3.05, 3.63) is 41.7 Å². The van der Waals surface area contributed by atoms with E-state index in [2.05, 4.69) is 23.9 Å². The Bertz CT molecular complexity index is 796. The normalized spacial score (nSPS) is 17.5. The second-order valence-corrected chi connectivity index (χ2v) is 9.19. The highest BCUT2D eigenvalue weighted by Gasteiger charge is 2.25. The van der Waals surface area contributed by atoms with E-state index in [0.29, 0.717) is 37.8 Å². The number of halogens is 1. The fourth-order valence-corrected chi connectivity index (χ4v) is 3.84. The summed E-state index contributed by atoms with van der Waals surface area (Å²) in [4.78, 5) is 24.4. The number of hydrogen-bond acceptors (Lipinski definition) is 5. The highest BCUT2D eigenvalue weighted by atomic mass is 32.2. The molecule has 0 radical (unpaired) electrons. The van der Waals surface area contributed by atoms with Gasteiger partial charge in [0, 0.05) is 30.8 Å². The second-order valence-electron chi connectivity index (χ2n) is 8.28. The van der Waals surface area contributed by atoms with E-state index >= 15 is 0 Å². The molecule has 1 saturated heterocycles. The van der Waals surface area contributed by atoms with Crippen molar-refractivity contribution < 1.29 is 18.7 Å². The highest BCUT2D eigenvalue weighted by molar-refractivity contribution is 7.97. The summed E-state index contributed by atoms with van der Waals surface area (Å²) in [6.45, 7) is 5.67. The number of carbonyl (C=O) groups is 2. The molecular formula is C22H30FN3O3S. The number of carbonyl (C=O) groups excluding carboxylic acids is 2. The monoisotopic (exact) mass is 435 g/mol. The predicted octanol–water partition coefficient (Wildman–Crippen LogP) is 3.98. The average Bonchev–Trinajstić information content (AvgIpc) is 3.52. The van der Waals surface area contributed by atoms with Crippen LogP contribution in [-0.4, -0.2) is 42.3 Å². The first-order valence-electron chi connectivity index (χ1n) is 10.4. The number of urea groups is 1. The Morgan fingerprint density at radius 1 is 1.33 bits per heavy atom. The standard InChI is InChI=1S/C22H30FN3O3S/c1-22(2,17-8-9-18(23)19(14-17)29-15-16-6-7-16)25-30-13-5-3-4-11-26-12-10-20(27)24-21(26)28/h3-4,8-9,14,16,25H,5-7,10-13,15H2,1-2H3,(H,24,27,28)/b4-3+. The highest BCUT2D eigenvalue weighted by Crippen LogP contribution is 2.32. The van der Waals surface area contributed by atoms with Gasteiger partial charge in [-0.2, -0.15) is 0 Å². The maximum atomic E-state index is 14.0. The van der Waals surface area contributed by atoms with Crippen molar-refractivity contribution in [2.24, 2.45) is 5.92 Å². The minimum atomic E-state index is -0.335. The van der Waals surface area contributed by atoms with Gasteiger partial charge in [0.15, 0.2) is 11.6 Å². The molecule has 1 aliphatic carbocycles. The maximum Gasteiger partial charge on any atom is 0.324 e. The van der Waals surface area contributed by atoms with Crippen LogP contribution in [-0.2, 0) is 10.3 Å². The molecule has 3 amide bonds. The van der Waals surface area contributed by atoms with Crippen LogP contribution in [0.2, 0.25) is 0 Å². The second kappa shape index (κ2) is 10.3. The molecule has 164 valence electrons. The van der Waals surface area contributed by atoms with Crippen molar-refractivity contribution in [2.45, 2.75) is 45.1 Å². The zero-order valence-electron chi connectivity index (χ0n) is 17.6. The van der Waals surface area contributed by atoms with Crippen LogP contribution in [0.1, 0.15) is 45.1 Å². The summed E-state index contributed by atoms with van der Waals surface area (Å²) in [5, 5.41) is 2.31. The number of ether oxygens (including phenoxy) is 1. The summed E-state index contributed by atoms with van der Waals surface area (Å²) >= 11 is 1.61. The lowest BCUT2D eigenvalue weighted by Crippen LogP contribution is -2.49. The lowest BCUT2D eigenvalue weighted by Gasteiger charge is -2.27. The van der Waals surface area contributed by atoms with Crippen LogP contribution in [0.4, 0.5) is 9.18 Å². The topological polar surface area (TPSA) is 70.7 Å². The molecule has 1 heterocycles. The van der Waals surface area contributed by atoms with Gasteiger partial charge in [-0.25, -0.2) is 9.18 Å². The molecular weight excluding hydrogens is 405 g/mol. The Kier molecular flexibility index (Phi) is 7.77. The average molecular weight is 436 g/mol. The third-order valence-corrected chi connectivity index (χ3v) is 6.27. The quantitative estimate of drug-likeness (QED) is 0.313. The molecule has 2 fully saturated rings. The first-order chi connectivity index (χ1) is 14.3. The predicted molar refractivity (Wildman–Crippen MR) is 117 cm³/mol. The number of hydrogen-bond donors (Lipinski definition) is 2. The minimum absolute atomic E-state index is 0.215. The fourth-order valence-electron chi connectivity index (χ4n) is 3.00. The van der Waals surface area contributed by atoms with E-state index in [9.17, 15) is 14.0 Å². The summed E-state index contributed by atoms with van der Waals surface area (Å²) < 4.78 is 23.1. The van der Waals surface area contributed by atoms with Gasteiger partial charge in [0.1, 0.15) is 0 Å². The van der Waals surface area contributed by atoms with E-state index < -0.39 is 0 Å². The van der Waals surface area contributed by atoms with Gasteiger partial charge in [0.25, 0.3) is 0 Å². The van der Waals surface area contributed by atoms with E-state index in [4.69, 9.17) is 4.74 Å². The van der Waals surface area contributed by atoms with Crippen LogP contribution >= 0.6 is 11.9 Å². The summed E-state index contributed by atoms with van der Waals surface area (Å²) in [6.07, 6.45) is 7.53. The lowest BCUT2D eigenvalue weighted by atomic mass is 9.95. The van der Waals surface area contributed by atoms with Crippen molar-refractivity contribution in [3.8, 4) is 5.75 Å². The molecule has 30 heavy (non-hydrogen) atoms. The van der Waals surface area contributed by atoms with Gasteiger partial charge >= 0.3 is 6.03 Å². The van der Waals surface area contributed by atoms with Crippen LogP contribution < -0.4 is 14.8 Å². The third-order valence-electron chi connectivity index (χ3n) is 5.17. The Hall–Kier alpha value is -2.06. The van der Waals surface area contributed by atoms with E-state index in [1.807, 2.05) is 12.2 Å². The molecule has 1 aliphatic heterocycles.